The number of nitrogens with one attached hydrogen (secondary N) is 1. The number of hydrogen-bond acceptors (Lipinski definition) is 4. The van der Waals surface area contributed by atoms with E-state index in [4.69, 9.17) is 0 Å². The predicted octanol–water partition coefficient (Wildman–Crippen LogP) is 4.62. The van der Waals surface area contributed by atoms with Crippen molar-refractivity contribution >= 4 is 23.4 Å². The Kier molecular flexibility index (Phi) is 6.26. The topological polar surface area (TPSA) is 59.8 Å². The monoisotopic (exact) mass is 396 g/mol. The van der Waals surface area contributed by atoms with Gasteiger partial charge in [0.05, 0.1) is 5.75 Å². The molecule has 0 bridgehead atoms. The number of rotatable bonds is 7. The Balaban J connectivity index is 1.71. The summed E-state index contributed by atoms with van der Waals surface area (Å²) in [5.41, 5.74) is 3.83. The number of hydrogen-bond donors (Lipinski definition) is 1. The van der Waals surface area contributed by atoms with E-state index in [0.717, 1.165) is 16.8 Å². The van der Waals surface area contributed by atoms with E-state index in [9.17, 15) is 9.18 Å². The number of halogens is 1. The van der Waals surface area contributed by atoms with Gasteiger partial charge < -0.3 is 5.32 Å². The van der Waals surface area contributed by atoms with E-state index >= 15 is 0 Å². The minimum absolute atomic E-state index is 0.121. The van der Waals surface area contributed by atoms with Gasteiger partial charge in [-0.25, -0.2) is 4.39 Å². The first-order valence-electron chi connectivity index (χ1n) is 8.78. The van der Waals surface area contributed by atoms with Gasteiger partial charge in [-0.05, 0) is 61.4 Å². The molecule has 144 valence electrons. The molecular formula is C21H21FN4OS. The van der Waals surface area contributed by atoms with E-state index < -0.39 is 0 Å². The SMILES string of the molecule is C=CCn1c(SCC(=O)Nc2ccc(C)c(C)c2)nnc1-c1ccc(F)cc1. The van der Waals surface area contributed by atoms with E-state index in [0.29, 0.717) is 17.5 Å². The molecule has 1 aromatic heterocycles. The second kappa shape index (κ2) is 8.84. The van der Waals surface area contributed by atoms with Gasteiger partial charge in [-0.15, -0.1) is 16.8 Å². The molecule has 0 aliphatic rings. The van der Waals surface area contributed by atoms with Gasteiger partial charge in [0.1, 0.15) is 5.82 Å². The number of amides is 1. The van der Waals surface area contributed by atoms with Crippen molar-refractivity contribution in [1.29, 1.82) is 0 Å². The van der Waals surface area contributed by atoms with Crippen LogP contribution in [0.1, 0.15) is 11.1 Å². The smallest absolute Gasteiger partial charge is 0.234 e. The second-order valence-corrected chi connectivity index (χ2v) is 7.29. The number of carbonyl (C=O) groups is 1. The maximum absolute atomic E-state index is 13.2. The Bertz CT molecular complexity index is 998. The van der Waals surface area contributed by atoms with Crippen molar-refractivity contribution in [3.8, 4) is 11.4 Å². The Morgan fingerprint density at radius 1 is 1.18 bits per heavy atom. The fourth-order valence-corrected chi connectivity index (χ4v) is 3.40. The summed E-state index contributed by atoms with van der Waals surface area (Å²) in [6, 6.07) is 11.9. The number of carbonyl (C=O) groups excluding carboxylic acids is 1. The number of nitrogens with zero attached hydrogens (tertiary/aromatic N) is 3. The van der Waals surface area contributed by atoms with Crippen molar-refractivity contribution in [1.82, 2.24) is 14.8 Å². The van der Waals surface area contributed by atoms with Crippen LogP contribution in [0.3, 0.4) is 0 Å². The zero-order chi connectivity index (χ0) is 20.1. The molecule has 2 aromatic carbocycles. The van der Waals surface area contributed by atoms with E-state index in [1.54, 1.807) is 18.2 Å². The fourth-order valence-electron chi connectivity index (χ4n) is 2.65. The highest BCUT2D eigenvalue weighted by atomic mass is 32.2. The fraction of sp³-hybridized carbons (Fsp3) is 0.190. The van der Waals surface area contributed by atoms with Crippen LogP contribution in [0.5, 0.6) is 0 Å². The summed E-state index contributed by atoms with van der Waals surface area (Å²) in [6.45, 7) is 8.29. The summed E-state index contributed by atoms with van der Waals surface area (Å²) in [5.74, 6) is 0.379. The highest BCUT2D eigenvalue weighted by molar-refractivity contribution is 7.99. The Morgan fingerprint density at radius 3 is 2.61 bits per heavy atom. The molecule has 0 unspecified atom stereocenters. The predicted molar refractivity (Wildman–Crippen MR) is 111 cm³/mol. The first-order chi connectivity index (χ1) is 13.5. The molecule has 0 saturated carbocycles. The molecule has 0 atom stereocenters. The molecule has 0 spiro atoms. The molecule has 5 nitrogen and oxygen atoms in total. The lowest BCUT2D eigenvalue weighted by atomic mass is 10.1. The molecule has 1 N–H and O–H groups in total. The van der Waals surface area contributed by atoms with Crippen molar-refractivity contribution in [2.24, 2.45) is 0 Å². The molecule has 1 amide bonds. The molecule has 1 heterocycles. The number of anilines is 1. The van der Waals surface area contributed by atoms with Gasteiger partial charge in [0.15, 0.2) is 11.0 Å². The van der Waals surface area contributed by atoms with E-state index in [1.165, 1.54) is 29.5 Å². The molecule has 0 radical (unpaired) electrons. The zero-order valence-corrected chi connectivity index (χ0v) is 16.6. The molecule has 0 aliphatic heterocycles. The van der Waals surface area contributed by atoms with Gasteiger partial charge in [0.2, 0.25) is 5.91 Å². The first kappa shape index (κ1) is 19.8. The maximum Gasteiger partial charge on any atom is 0.234 e. The second-order valence-electron chi connectivity index (χ2n) is 6.35. The van der Waals surface area contributed by atoms with Crippen molar-refractivity contribution < 1.29 is 9.18 Å². The van der Waals surface area contributed by atoms with Crippen LogP contribution in [-0.2, 0) is 11.3 Å². The third-order valence-corrected chi connectivity index (χ3v) is 5.22. The minimum Gasteiger partial charge on any atom is -0.325 e. The average molecular weight is 396 g/mol. The van der Waals surface area contributed by atoms with Crippen molar-refractivity contribution in [3.05, 3.63) is 72.1 Å². The summed E-state index contributed by atoms with van der Waals surface area (Å²) < 4.78 is 15.0. The van der Waals surface area contributed by atoms with Crippen LogP contribution >= 0.6 is 11.8 Å². The third kappa shape index (κ3) is 4.67. The van der Waals surface area contributed by atoms with Crippen LogP contribution in [0.2, 0.25) is 0 Å². The van der Waals surface area contributed by atoms with Gasteiger partial charge in [-0.3, -0.25) is 9.36 Å². The lowest BCUT2D eigenvalue weighted by Crippen LogP contribution is -2.14. The molecule has 3 aromatic rings. The Labute approximate surface area is 167 Å². The summed E-state index contributed by atoms with van der Waals surface area (Å²) in [5, 5.41) is 11.9. The van der Waals surface area contributed by atoms with Crippen LogP contribution in [-0.4, -0.2) is 26.4 Å². The lowest BCUT2D eigenvalue weighted by molar-refractivity contribution is -0.113. The van der Waals surface area contributed by atoms with Crippen LogP contribution in [0.4, 0.5) is 10.1 Å². The molecule has 0 saturated heterocycles. The van der Waals surface area contributed by atoms with Gasteiger partial charge in [0.25, 0.3) is 0 Å². The summed E-state index contributed by atoms with van der Waals surface area (Å²) in [7, 11) is 0. The highest BCUT2D eigenvalue weighted by Crippen LogP contribution is 2.24. The number of aromatic nitrogens is 3. The van der Waals surface area contributed by atoms with Crippen LogP contribution in [0.25, 0.3) is 11.4 Å². The molecular weight excluding hydrogens is 375 g/mol. The quantitative estimate of drug-likeness (QED) is 0.468. The summed E-state index contributed by atoms with van der Waals surface area (Å²) >= 11 is 1.30. The summed E-state index contributed by atoms with van der Waals surface area (Å²) in [6.07, 6.45) is 1.73. The average Bonchev–Trinajstić information content (AvgIpc) is 3.07. The van der Waals surface area contributed by atoms with E-state index in [-0.39, 0.29) is 17.5 Å². The standard InChI is InChI=1S/C21H21FN4OS/c1-4-11-26-20(16-6-8-17(22)9-7-16)24-25-21(26)28-13-19(27)23-18-10-5-14(2)15(3)12-18/h4-10,12H,1,11,13H2,2-3H3,(H,23,27). The number of benzene rings is 2. The van der Waals surface area contributed by atoms with E-state index in [1.807, 2.05) is 36.6 Å². The third-order valence-electron chi connectivity index (χ3n) is 4.25. The van der Waals surface area contributed by atoms with Crippen LogP contribution in [0, 0.1) is 19.7 Å². The van der Waals surface area contributed by atoms with E-state index in [2.05, 4.69) is 22.1 Å². The number of thioether (sulfide) groups is 1. The van der Waals surface area contributed by atoms with Crippen LogP contribution < -0.4 is 5.32 Å². The minimum atomic E-state index is -0.309. The molecule has 28 heavy (non-hydrogen) atoms. The van der Waals surface area contributed by atoms with Gasteiger partial charge in [-0.1, -0.05) is 23.9 Å². The van der Waals surface area contributed by atoms with Gasteiger partial charge in [0, 0.05) is 17.8 Å². The van der Waals surface area contributed by atoms with Gasteiger partial charge in [-0.2, -0.15) is 0 Å². The van der Waals surface area contributed by atoms with Crippen molar-refractivity contribution in [2.45, 2.75) is 25.5 Å². The maximum atomic E-state index is 13.2. The number of aryl methyl sites for hydroxylation is 2. The lowest BCUT2D eigenvalue weighted by Gasteiger charge is -2.09. The van der Waals surface area contributed by atoms with Gasteiger partial charge >= 0.3 is 0 Å². The van der Waals surface area contributed by atoms with Crippen molar-refractivity contribution in [3.63, 3.8) is 0 Å². The van der Waals surface area contributed by atoms with Crippen molar-refractivity contribution in [2.75, 3.05) is 11.1 Å². The Hall–Kier alpha value is -2.93. The molecule has 3 rings (SSSR count). The highest BCUT2D eigenvalue weighted by Gasteiger charge is 2.15. The molecule has 0 fully saturated rings. The zero-order valence-electron chi connectivity index (χ0n) is 15.8. The summed E-state index contributed by atoms with van der Waals surface area (Å²) in [4.78, 5) is 12.3. The normalized spacial score (nSPS) is 10.7. The first-order valence-corrected chi connectivity index (χ1v) is 9.76. The Morgan fingerprint density at radius 2 is 1.93 bits per heavy atom. The number of allylic oxidation sites excluding steroid dienone is 1. The van der Waals surface area contributed by atoms with Crippen LogP contribution in [0.15, 0.2) is 60.3 Å². The molecule has 0 aliphatic carbocycles. The molecule has 7 heteroatoms. The largest absolute Gasteiger partial charge is 0.325 e.